The van der Waals surface area contributed by atoms with Crippen LogP contribution in [0.25, 0.3) is 17.4 Å². The van der Waals surface area contributed by atoms with E-state index >= 15 is 0 Å². The zero-order valence-electron chi connectivity index (χ0n) is 14.4. The highest BCUT2D eigenvalue weighted by Crippen LogP contribution is 2.27. The molecule has 0 bridgehead atoms. The second-order valence-electron chi connectivity index (χ2n) is 5.97. The van der Waals surface area contributed by atoms with E-state index in [0.29, 0.717) is 33.6 Å². The van der Waals surface area contributed by atoms with Crippen molar-refractivity contribution in [2.45, 2.75) is 0 Å². The van der Waals surface area contributed by atoms with Gasteiger partial charge in [-0.3, -0.25) is 19.8 Å². The fourth-order valence-electron chi connectivity index (χ4n) is 2.82. The first-order valence-corrected chi connectivity index (χ1v) is 8.70. The van der Waals surface area contributed by atoms with Crippen LogP contribution in [0.3, 0.4) is 0 Å². The summed E-state index contributed by atoms with van der Waals surface area (Å²) in [5.41, 5.74) is 1.69. The van der Waals surface area contributed by atoms with Crippen LogP contribution < -0.4 is 10.2 Å². The number of nitrogens with zero attached hydrogens (tertiary/aromatic N) is 2. The number of thiocarbonyl (C=S) groups is 1. The van der Waals surface area contributed by atoms with E-state index in [1.165, 1.54) is 17.0 Å². The quantitative estimate of drug-likeness (QED) is 0.312. The molecular weight excluding hydrogens is 378 g/mol. The van der Waals surface area contributed by atoms with E-state index in [2.05, 4.69) is 5.32 Å². The van der Waals surface area contributed by atoms with Crippen molar-refractivity contribution < 1.29 is 14.1 Å². The van der Waals surface area contributed by atoms with Crippen molar-refractivity contribution in [1.29, 1.82) is 0 Å². The summed E-state index contributed by atoms with van der Waals surface area (Å²) in [4.78, 5) is 24.4. The van der Waals surface area contributed by atoms with E-state index in [0.717, 1.165) is 0 Å². The number of hydrogen-bond donors (Lipinski definition) is 1. The Morgan fingerprint density at radius 1 is 1.04 bits per heavy atom. The molecule has 7 nitrogen and oxygen atoms in total. The van der Waals surface area contributed by atoms with Crippen LogP contribution in [-0.2, 0) is 4.79 Å². The topological polar surface area (TPSA) is 88.6 Å². The third-order valence-corrected chi connectivity index (χ3v) is 4.45. The van der Waals surface area contributed by atoms with E-state index in [4.69, 9.17) is 16.6 Å². The molecule has 1 saturated heterocycles. The van der Waals surface area contributed by atoms with Crippen molar-refractivity contribution in [1.82, 2.24) is 5.32 Å². The van der Waals surface area contributed by atoms with Crippen LogP contribution in [0, 0.1) is 10.1 Å². The van der Waals surface area contributed by atoms with Crippen molar-refractivity contribution >= 4 is 40.7 Å². The zero-order chi connectivity index (χ0) is 19.7. The van der Waals surface area contributed by atoms with Gasteiger partial charge in [-0.1, -0.05) is 18.2 Å². The summed E-state index contributed by atoms with van der Waals surface area (Å²) in [6.45, 7) is 0. The van der Waals surface area contributed by atoms with Gasteiger partial charge in [0.25, 0.3) is 11.6 Å². The van der Waals surface area contributed by atoms with Crippen LogP contribution in [0.5, 0.6) is 0 Å². The number of carbonyl (C=O) groups excluding carboxylic acids is 1. The van der Waals surface area contributed by atoms with Gasteiger partial charge in [0.15, 0.2) is 5.11 Å². The van der Waals surface area contributed by atoms with E-state index in [1.54, 1.807) is 42.5 Å². The molecule has 1 aliphatic heterocycles. The molecule has 0 aliphatic carbocycles. The maximum absolute atomic E-state index is 12.7. The van der Waals surface area contributed by atoms with Gasteiger partial charge in [0.1, 0.15) is 17.2 Å². The predicted molar refractivity (Wildman–Crippen MR) is 108 cm³/mol. The van der Waals surface area contributed by atoms with Crippen LogP contribution >= 0.6 is 12.2 Å². The van der Waals surface area contributed by atoms with E-state index in [9.17, 15) is 14.9 Å². The lowest BCUT2D eigenvalue weighted by Gasteiger charge is -2.13. The Labute approximate surface area is 165 Å². The third-order valence-electron chi connectivity index (χ3n) is 4.17. The summed E-state index contributed by atoms with van der Waals surface area (Å²) in [5.74, 6) is 0.723. The van der Waals surface area contributed by atoms with Gasteiger partial charge in [0, 0.05) is 23.8 Å². The number of carbonyl (C=O) groups is 1. The van der Waals surface area contributed by atoms with Gasteiger partial charge in [0.2, 0.25) is 0 Å². The molecule has 0 unspecified atom stereocenters. The Kier molecular flexibility index (Phi) is 4.46. The molecule has 138 valence electrons. The Hall–Kier alpha value is -3.78. The number of para-hydroxylation sites is 1. The highest BCUT2D eigenvalue weighted by atomic mass is 32.1. The average molecular weight is 391 g/mol. The second-order valence-corrected chi connectivity index (χ2v) is 6.36. The standard InChI is InChI=1S/C20H13N3O4S/c24-19-17(21-20(28)22(19)14-4-2-1-3-5-14)12-16-10-11-18(27-16)13-6-8-15(9-7-13)23(25)26/h1-12H,(H,21,28). The van der Waals surface area contributed by atoms with Crippen LogP contribution in [-0.4, -0.2) is 15.9 Å². The number of nitrogens with one attached hydrogen (secondary N) is 1. The summed E-state index contributed by atoms with van der Waals surface area (Å²) in [6, 6.07) is 18.6. The van der Waals surface area contributed by atoms with Crippen molar-refractivity contribution in [3.63, 3.8) is 0 Å². The summed E-state index contributed by atoms with van der Waals surface area (Å²) in [6.07, 6.45) is 1.58. The number of anilines is 1. The minimum Gasteiger partial charge on any atom is -0.457 e. The zero-order valence-corrected chi connectivity index (χ0v) is 15.2. The Bertz CT molecular complexity index is 1100. The first-order valence-electron chi connectivity index (χ1n) is 8.30. The molecule has 0 saturated carbocycles. The highest BCUT2D eigenvalue weighted by Gasteiger charge is 2.32. The van der Waals surface area contributed by atoms with Gasteiger partial charge >= 0.3 is 0 Å². The molecule has 8 heteroatoms. The molecule has 1 aliphatic rings. The van der Waals surface area contributed by atoms with E-state index in [1.807, 2.05) is 18.2 Å². The summed E-state index contributed by atoms with van der Waals surface area (Å²) in [7, 11) is 0. The number of rotatable bonds is 4. The van der Waals surface area contributed by atoms with E-state index in [-0.39, 0.29) is 11.6 Å². The van der Waals surface area contributed by atoms with Gasteiger partial charge in [-0.25, -0.2) is 0 Å². The Balaban J connectivity index is 1.58. The molecule has 1 N–H and O–H groups in total. The van der Waals surface area contributed by atoms with Gasteiger partial charge in [-0.15, -0.1) is 0 Å². The monoisotopic (exact) mass is 391 g/mol. The largest absolute Gasteiger partial charge is 0.457 e. The first-order chi connectivity index (χ1) is 13.5. The molecule has 2 heterocycles. The summed E-state index contributed by atoms with van der Waals surface area (Å²) >= 11 is 5.28. The summed E-state index contributed by atoms with van der Waals surface area (Å²) < 4.78 is 5.76. The Morgan fingerprint density at radius 2 is 1.75 bits per heavy atom. The average Bonchev–Trinajstić information content (AvgIpc) is 3.27. The minimum absolute atomic E-state index is 0.00733. The number of benzene rings is 2. The number of hydrogen-bond acceptors (Lipinski definition) is 5. The highest BCUT2D eigenvalue weighted by molar-refractivity contribution is 7.80. The molecule has 2 aromatic carbocycles. The molecule has 1 fully saturated rings. The van der Waals surface area contributed by atoms with Crippen molar-refractivity contribution in [2.75, 3.05) is 4.90 Å². The van der Waals surface area contributed by atoms with E-state index < -0.39 is 4.92 Å². The lowest BCUT2D eigenvalue weighted by atomic mass is 10.1. The van der Waals surface area contributed by atoms with Gasteiger partial charge in [0.05, 0.1) is 10.6 Å². The van der Waals surface area contributed by atoms with Crippen LogP contribution in [0.2, 0.25) is 0 Å². The molecule has 0 radical (unpaired) electrons. The van der Waals surface area contributed by atoms with Crippen LogP contribution in [0.4, 0.5) is 11.4 Å². The minimum atomic E-state index is -0.458. The van der Waals surface area contributed by atoms with Gasteiger partial charge < -0.3 is 9.73 Å². The number of nitro groups is 1. The van der Waals surface area contributed by atoms with Gasteiger partial charge in [-0.05, 0) is 48.6 Å². The molecule has 1 aromatic heterocycles. The lowest BCUT2D eigenvalue weighted by molar-refractivity contribution is -0.384. The first kappa shape index (κ1) is 17.6. The summed E-state index contributed by atoms with van der Waals surface area (Å²) in [5, 5.41) is 14.0. The van der Waals surface area contributed by atoms with Crippen LogP contribution in [0.1, 0.15) is 5.76 Å². The second kappa shape index (κ2) is 7.09. The lowest BCUT2D eigenvalue weighted by Crippen LogP contribution is -2.30. The maximum atomic E-state index is 12.7. The normalized spacial score (nSPS) is 15.1. The molecule has 1 amide bonds. The molecule has 0 spiro atoms. The smallest absolute Gasteiger partial charge is 0.281 e. The molecule has 3 aromatic rings. The number of furan rings is 1. The number of amides is 1. The molecule has 28 heavy (non-hydrogen) atoms. The molecule has 0 atom stereocenters. The molecular formula is C20H13N3O4S. The fraction of sp³-hybridized carbons (Fsp3) is 0. The molecule has 4 rings (SSSR count). The van der Waals surface area contributed by atoms with Crippen molar-refractivity contribution in [3.8, 4) is 11.3 Å². The predicted octanol–water partition coefficient (Wildman–Crippen LogP) is 4.12. The third kappa shape index (κ3) is 3.28. The van der Waals surface area contributed by atoms with Crippen molar-refractivity contribution in [3.05, 3.63) is 88.3 Å². The van der Waals surface area contributed by atoms with Crippen molar-refractivity contribution in [2.24, 2.45) is 0 Å². The number of non-ortho nitro benzene ring substituents is 1. The fourth-order valence-corrected chi connectivity index (χ4v) is 3.12. The maximum Gasteiger partial charge on any atom is 0.281 e. The SMILES string of the molecule is O=C1C(=Cc2ccc(-c3ccc([N+](=O)[O-])cc3)o2)NC(=S)N1c1ccccc1. The number of nitro benzene ring substituents is 1. The van der Waals surface area contributed by atoms with Gasteiger partial charge in [-0.2, -0.15) is 0 Å². The van der Waals surface area contributed by atoms with Crippen LogP contribution in [0.15, 0.2) is 76.8 Å². The Morgan fingerprint density at radius 3 is 2.43 bits per heavy atom.